The summed E-state index contributed by atoms with van der Waals surface area (Å²) in [6.07, 6.45) is 6.24. The van der Waals surface area contributed by atoms with Crippen molar-refractivity contribution in [1.29, 1.82) is 0 Å². The Kier molecular flexibility index (Phi) is 5.76. The van der Waals surface area contributed by atoms with Gasteiger partial charge in [-0.2, -0.15) is 0 Å². The van der Waals surface area contributed by atoms with Crippen LogP contribution in [0.1, 0.15) is 48.9 Å². The molecule has 1 aliphatic heterocycles. The third-order valence-electron chi connectivity index (χ3n) is 6.28. The van der Waals surface area contributed by atoms with Crippen molar-refractivity contribution in [3.63, 3.8) is 0 Å². The van der Waals surface area contributed by atoms with Crippen LogP contribution in [0.3, 0.4) is 0 Å². The highest BCUT2D eigenvalue weighted by Crippen LogP contribution is 2.38. The molecule has 4 rings (SSSR count). The van der Waals surface area contributed by atoms with Gasteiger partial charge in [0.2, 0.25) is 0 Å². The fourth-order valence-electron chi connectivity index (χ4n) is 4.44. The number of amides is 1. The molecule has 1 aromatic carbocycles. The lowest BCUT2D eigenvalue weighted by atomic mass is 9.87. The first kappa shape index (κ1) is 19.8. The smallest absolute Gasteiger partial charge is 0.259 e. The number of hydrogen-bond acceptors (Lipinski definition) is 6. The molecule has 7 nitrogen and oxygen atoms in total. The van der Waals surface area contributed by atoms with E-state index in [2.05, 4.69) is 15.4 Å². The van der Waals surface area contributed by atoms with Gasteiger partial charge < -0.3 is 24.6 Å². The lowest BCUT2D eigenvalue weighted by Gasteiger charge is -2.26. The van der Waals surface area contributed by atoms with E-state index < -0.39 is 0 Å². The van der Waals surface area contributed by atoms with Gasteiger partial charge in [0.25, 0.3) is 5.91 Å². The standard InChI is InChI=1S/C22H29N3O4/c1-28-17-8-6-16(7-9-17)19-18(20(24-29-19)25-12-4-5-13-25)21(27)23-14-22(15-26)10-2-3-11-22/h6-9,26H,2-5,10-15H2,1H3,(H,23,27). The molecule has 29 heavy (non-hydrogen) atoms. The molecule has 156 valence electrons. The van der Waals surface area contributed by atoms with E-state index in [9.17, 15) is 9.90 Å². The first-order chi connectivity index (χ1) is 14.2. The maximum absolute atomic E-state index is 13.3. The summed E-state index contributed by atoms with van der Waals surface area (Å²) in [6.45, 7) is 2.31. The quantitative estimate of drug-likeness (QED) is 0.743. The number of aliphatic hydroxyl groups is 1. The molecular formula is C22H29N3O4. The zero-order chi connectivity index (χ0) is 20.3. The Morgan fingerprint density at radius 1 is 1.21 bits per heavy atom. The second kappa shape index (κ2) is 8.45. The molecule has 0 bridgehead atoms. The number of ether oxygens (including phenoxy) is 1. The Morgan fingerprint density at radius 3 is 2.52 bits per heavy atom. The van der Waals surface area contributed by atoms with Crippen molar-refractivity contribution < 1.29 is 19.2 Å². The molecule has 1 aliphatic carbocycles. The molecule has 1 aromatic heterocycles. The van der Waals surface area contributed by atoms with Crippen LogP contribution in [0.25, 0.3) is 11.3 Å². The molecule has 1 saturated heterocycles. The lowest BCUT2D eigenvalue weighted by molar-refractivity contribution is 0.0881. The fraction of sp³-hybridized carbons (Fsp3) is 0.545. The minimum absolute atomic E-state index is 0.0984. The average Bonchev–Trinajstić information content (AvgIpc) is 3.52. The third-order valence-corrected chi connectivity index (χ3v) is 6.28. The summed E-state index contributed by atoms with van der Waals surface area (Å²) >= 11 is 0. The third kappa shape index (κ3) is 3.96. The van der Waals surface area contributed by atoms with Crippen LogP contribution in [-0.2, 0) is 0 Å². The predicted molar refractivity (Wildman–Crippen MR) is 110 cm³/mol. The maximum Gasteiger partial charge on any atom is 0.259 e. The van der Waals surface area contributed by atoms with Gasteiger partial charge in [-0.25, -0.2) is 0 Å². The molecule has 1 saturated carbocycles. The van der Waals surface area contributed by atoms with E-state index in [-0.39, 0.29) is 17.9 Å². The van der Waals surface area contributed by atoms with Crippen LogP contribution in [0.2, 0.25) is 0 Å². The number of carbonyl (C=O) groups excluding carboxylic acids is 1. The van der Waals surface area contributed by atoms with Crippen LogP contribution in [-0.4, -0.2) is 49.5 Å². The Bertz CT molecular complexity index is 834. The number of nitrogens with one attached hydrogen (secondary N) is 1. The molecular weight excluding hydrogens is 370 g/mol. The van der Waals surface area contributed by atoms with Crippen LogP contribution in [0, 0.1) is 5.41 Å². The minimum atomic E-state index is -0.207. The van der Waals surface area contributed by atoms with Gasteiger partial charge >= 0.3 is 0 Å². The number of nitrogens with zero attached hydrogens (tertiary/aromatic N) is 2. The summed E-state index contributed by atoms with van der Waals surface area (Å²) in [5.41, 5.74) is 1.05. The normalized spacial score (nSPS) is 18.2. The van der Waals surface area contributed by atoms with Crippen molar-refractivity contribution in [1.82, 2.24) is 10.5 Å². The first-order valence-corrected chi connectivity index (χ1v) is 10.4. The summed E-state index contributed by atoms with van der Waals surface area (Å²) in [7, 11) is 1.62. The Balaban J connectivity index is 1.63. The second-order valence-corrected chi connectivity index (χ2v) is 8.18. The molecule has 0 spiro atoms. The topological polar surface area (TPSA) is 87.8 Å². The summed E-state index contributed by atoms with van der Waals surface area (Å²) in [5, 5.41) is 17.2. The number of methoxy groups -OCH3 is 1. The number of anilines is 1. The highest BCUT2D eigenvalue weighted by atomic mass is 16.5. The number of aromatic nitrogens is 1. The van der Waals surface area contributed by atoms with Crippen LogP contribution in [0.5, 0.6) is 5.75 Å². The van der Waals surface area contributed by atoms with E-state index in [0.717, 1.165) is 62.9 Å². The van der Waals surface area contributed by atoms with E-state index in [4.69, 9.17) is 9.26 Å². The summed E-state index contributed by atoms with van der Waals surface area (Å²) < 4.78 is 10.9. The summed E-state index contributed by atoms with van der Waals surface area (Å²) in [5.74, 6) is 1.62. The van der Waals surface area contributed by atoms with E-state index >= 15 is 0 Å². The number of rotatable bonds is 7. The van der Waals surface area contributed by atoms with Crippen molar-refractivity contribution in [2.75, 3.05) is 38.3 Å². The van der Waals surface area contributed by atoms with Gasteiger partial charge in [-0.05, 0) is 49.9 Å². The molecule has 2 heterocycles. The van der Waals surface area contributed by atoms with Crippen LogP contribution in [0.15, 0.2) is 28.8 Å². The molecule has 2 fully saturated rings. The van der Waals surface area contributed by atoms with Gasteiger partial charge in [-0.15, -0.1) is 0 Å². The lowest BCUT2D eigenvalue weighted by Crippen LogP contribution is -2.38. The van der Waals surface area contributed by atoms with Gasteiger partial charge in [0.15, 0.2) is 11.6 Å². The van der Waals surface area contributed by atoms with Crippen molar-refractivity contribution in [2.24, 2.45) is 5.41 Å². The minimum Gasteiger partial charge on any atom is -0.497 e. The van der Waals surface area contributed by atoms with Gasteiger partial charge in [0, 0.05) is 30.6 Å². The molecule has 2 aromatic rings. The maximum atomic E-state index is 13.3. The van der Waals surface area contributed by atoms with Crippen LogP contribution < -0.4 is 15.0 Å². The van der Waals surface area contributed by atoms with Crippen molar-refractivity contribution >= 4 is 11.7 Å². The highest BCUT2D eigenvalue weighted by Gasteiger charge is 2.35. The monoisotopic (exact) mass is 399 g/mol. The molecule has 0 unspecified atom stereocenters. The number of hydrogen-bond donors (Lipinski definition) is 2. The average molecular weight is 399 g/mol. The molecule has 2 N–H and O–H groups in total. The van der Waals surface area contributed by atoms with Gasteiger partial charge in [-0.1, -0.05) is 18.0 Å². The van der Waals surface area contributed by atoms with E-state index in [0.29, 0.717) is 23.7 Å². The first-order valence-electron chi connectivity index (χ1n) is 10.4. The zero-order valence-electron chi connectivity index (χ0n) is 16.9. The Labute approximate surface area is 171 Å². The number of aliphatic hydroxyl groups excluding tert-OH is 1. The molecule has 2 aliphatic rings. The van der Waals surface area contributed by atoms with Crippen molar-refractivity contribution in [3.8, 4) is 17.1 Å². The summed E-state index contributed by atoms with van der Waals surface area (Å²) in [6, 6.07) is 7.43. The molecule has 0 radical (unpaired) electrons. The number of carbonyl (C=O) groups is 1. The number of benzene rings is 1. The molecule has 7 heteroatoms. The highest BCUT2D eigenvalue weighted by molar-refractivity contribution is 6.04. The largest absolute Gasteiger partial charge is 0.497 e. The van der Waals surface area contributed by atoms with Gasteiger partial charge in [0.05, 0.1) is 13.7 Å². The Morgan fingerprint density at radius 2 is 1.90 bits per heavy atom. The second-order valence-electron chi connectivity index (χ2n) is 8.18. The van der Waals surface area contributed by atoms with Crippen LogP contribution in [0.4, 0.5) is 5.82 Å². The van der Waals surface area contributed by atoms with E-state index in [1.807, 2.05) is 24.3 Å². The molecule has 1 amide bonds. The van der Waals surface area contributed by atoms with Gasteiger partial charge in [-0.3, -0.25) is 4.79 Å². The molecule has 0 atom stereocenters. The zero-order valence-corrected chi connectivity index (χ0v) is 16.9. The predicted octanol–water partition coefficient (Wildman–Crippen LogP) is 3.23. The van der Waals surface area contributed by atoms with E-state index in [1.54, 1.807) is 7.11 Å². The van der Waals surface area contributed by atoms with E-state index in [1.165, 1.54) is 0 Å². The Hall–Kier alpha value is -2.54. The van der Waals surface area contributed by atoms with Crippen molar-refractivity contribution in [2.45, 2.75) is 38.5 Å². The summed E-state index contributed by atoms with van der Waals surface area (Å²) in [4.78, 5) is 15.4. The SMILES string of the molecule is COc1ccc(-c2onc(N3CCCC3)c2C(=O)NCC2(CO)CCCC2)cc1. The fourth-order valence-corrected chi connectivity index (χ4v) is 4.44. The van der Waals surface area contributed by atoms with Crippen LogP contribution >= 0.6 is 0 Å². The van der Waals surface area contributed by atoms with Crippen molar-refractivity contribution in [3.05, 3.63) is 29.8 Å². The van der Waals surface area contributed by atoms with Gasteiger partial charge in [0.1, 0.15) is 11.3 Å².